The number of nitrogens with zero attached hydrogens (tertiary/aromatic N) is 1. The molecule has 174 valence electrons. The van der Waals surface area contributed by atoms with Crippen molar-refractivity contribution in [3.05, 3.63) is 88.9 Å². The predicted octanol–water partition coefficient (Wildman–Crippen LogP) is 5.90. The molecule has 7 heteroatoms. The Labute approximate surface area is 202 Å². The summed E-state index contributed by atoms with van der Waals surface area (Å²) >= 11 is 1.47. The molecule has 3 aromatic carbocycles. The molecule has 0 bridgehead atoms. The summed E-state index contributed by atoms with van der Waals surface area (Å²) in [5.41, 5.74) is 1.55. The average Bonchev–Trinajstić information content (AvgIpc) is 3.19. The van der Waals surface area contributed by atoms with Gasteiger partial charge in [0.1, 0.15) is 22.1 Å². The van der Waals surface area contributed by atoms with Gasteiger partial charge in [0.05, 0.1) is 22.2 Å². The first kappa shape index (κ1) is 23.4. The first-order valence-electron chi connectivity index (χ1n) is 11.0. The van der Waals surface area contributed by atoms with E-state index in [9.17, 15) is 9.59 Å². The van der Waals surface area contributed by atoms with Gasteiger partial charge in [-0.2, -0.15) is 0 Å². The van der Waals surface area contributed by atoms with Crippen LogP contribution in [0.4, 0.5) is 0 Å². The van der Waals surface area contributed by atoms with Crippen LogP contribution in [0.2, 0.25) is 0 Å². The lowest BCUT2D eigenvalue weighted by molar-refractivity contribution is -0.120. The second-order valence-corrected chi connectivity index (χ2v) is 9.92. The summed E-state index contributed by atoms with van der Waals surface area (Å²) in [6.45, 7) is 5.80. The van der Waals surface area contributed by atoms with E-state index in [1.54, 1.807) is 18.2 Å². The monoisotopic (exact) mass is 474 g/mol. The summed E-state index contributed by atoms with van der Waals surface area (Å²) in [6, 6.07) is 22.4. The second-order valence-electron chi connectivity index (χ2n) is 8.81. The number of para-hydroxylation sites is 1. The molecule has 1 heterocycles. The number of nitrogens with one attached hydrogen (secondary N) is 1. The molecule has 6 nitrogen and oxygen atoms in total. The number of hydrogen-bond acceptors (Lipinski definition) is 6. The zero-order valence-electron chi connectivity index (χ0n) is 19.3. The van der Waals surface area contributed by atoms with Crippen LogP contribution in [0.15, 0.2) is 72.8 Å². The predicted molar refractivity (Wildman–Crippen MR) is 133 cm³/mol. The van der Waals surface area contributed by atoms with Gasteiger partial charge in [-0.3, -0.25) is 4.79 Å². The zero-order chi connectivity index (χ0) is 24.1. The number of carbonyl (C=O) groups excluding carboxylic acids is 2. The van der Waals surface area contributed by atoms with Crippen molar-refractivity contribution < 1.29 is 19.1 Å². The number of ether oxygens (including phenoxy) is 2. The Kier molecular flexibility index (Phi) is 6.93. The van der Waals surface area contributed by atoms with Crippen molar-refractivity contribution in [3.8, 4) is 11.5 Å². The van der Waals surface area contributed by atoms with Crippen LogP contribution < -0.4 is 10.1 Å². The molecule has 0 spiro atoms. The number of rotatable bonds is 7. The van der Waals surface area contributed by atoms with E-state index in [-0.39, 0.29) is 18.3 Å². The highest BCUT2D eigenvalue weighted by molar-refractivity contribution is 7.18. The number of fused-ring (bicyclic) bond motifs is 1. The number of carbonyl (C=O) groups is 2. The van der Waals surface area contributed by atoms with E-state index in [0.29, 0.717) is 12.1 Å². The lowest BCUT2D eigenvalue weighted by atomic mass is 10.1. The highest BCUT2D eigenvalue weighted by Gasteiger charge is 2.18. The third-order valence-electron chi connectivity index (χ3n) is 4.75. The molecule has 4 rings (SSSR count). The van der Waals surface area contributed by atoms with Crippen LogP contribution in [0.5, 0.6) is 11.5 Å². The number of hydrogen-bond donors (Lipinski definition) is 1. The molecule has 4 aromatic rings. The van der Waals surface area contributed by atoms with Crippen molar-refractivity contribution in [2.24, 2.45) is 0 Å². The van der Waals surface area contributed by atoms with Gasteiger partial charge in [0.25, 0.3) is 0 Å². The Morgan fingerprint density at radius 1 is 0.941 bits per heavy atom. The van der Waals surface area contributed by atoms with Crippen molar-refractivity contribution in [1.82, 2.24) is 10.3 Å². The molecule has 0 atom stereocenters. The van der Waals surface area contributed by atoms with Crippen molar-refractivity contribution in [1.29, 1.82) is 0 Å². The maximum atomic E-state index is 12.5. The van der Waals surface area contributed by atoms with Gasteiger partial charge in [0, 0.05) is 12.6 Å². The quantitative estimate of drug-likeness (QED) is 0.337. The van der Waals surface area contributed by atoms with Crippen LogP contribution in [0, 0.1) is 0 Å². The highest BCUT2D eigenvalue weighted by atomic mass is 32.1. The number of thiazole rings is 1. The van der Waals surface area contributed by atoms with E-state index in [1.807, 2.05) is 75.4 Å². The molecule has 0 radical (unpaired) electrons. The van der Waals surface area contributed by atoms with E-state index < -0.39 is 5.60 Å². The van der Waals surface area contributed by atoms with Gasteiger partial charge in [0.2, 0.25) is 5.91 Å². The Bertz CT molecular complexity index is 1310. The molecular formula is C27H26N2O4S. The summed E-state index contributed by atoms with van der Waals surface area (Å²) in [5.74, 6) is 0.971. The Hall–Kier alpha value is -3.71. The van der Waals surface area contributed by atoms with Crippen molar-refractivity contribution >= 4 is 33.4 Å². The van der Waals surface area contributed by atoms with E-state index in [1.165, 1.54) is 11.3 Å². The number of aromatic nitrogens is 1. The molecule has 0 unspecified atom stereocenters. The van der Waals surface area contributed by atoms with E-state index >= 15 is 0 Å². The molecule has 0 aliphatic heterocycles. The Balaban J connectivity index is 1.35. The lowest BCUT2D eigenvalue weighted by Crippen LogP contribution is -2.25. The Morgan fingerprint density at radius 3 is 2.50 bits per heavy atom. The van der Waals surface area contributed by atoms with Gasteiger partial charge in [-0.1, -0.05) is 30.3 Å². The van der Waals surface area contributed by atoms with Gasteiger partial charge in [-0.15, -0.1) is 11.3 Å². The molecule has 0 saturated carbocycles. The maximum Gasteiger partial charge on any atom is 0.338 e. The molecule has 34 heavy (non-hydrogen) atoms. The largest absolute Gasteiger partial charge is 0.457 e. The SMILES string of the molecule is CC(C)(C)OC(=O)c1cccc(CNC(=O)Cc2nc3ccc(Oc4ccccc4)cc3s2)c1. The van der Waals surface area contributed by atoms with E-state index in [2.05, 4.69) is 10.3 Å². The molecule has 0 aliphatic carbocycles. The first-order valence-corrected chi connectivity index (χ1v) is 11.8. The molecule has 0 fully saturated rings. The molecule has 1 N–H and O–H groups in total. The maximum absolute atomic E-state index is 12.5. The fraction of sp³-hybridized carbons (Fsp3) is 0.222. The Morgan fingerprint density at radius 2 is 1.74 bits per heavy atom. The van der Waals surface area contributed by atoms with Gasteiger partial charge < -0.3 is 14.8 Å². The van der Waals surface area contributed by atoms with E-state index in [4.69, 9.17) is 9.47 Å². The van der Waals surface area contributed by atoms with Crippen LogP contribution in [0.25, 0.3) is 10.2 Å². The van der Waals surface area contributed by atoms with Crippen molar-refractivity contribution in [3.63, 3.8) is 0 Å². The fourth-order valence-electron chi connectivity index (χ4n) is 3.26. The molecule has 0 saturated heterocycles. The first-order chi connectivity index (χ1) is 16.2. The standard InChI is InChI=1S/C27H26N2O4S/c1-27(2,3)33-26(31)19-9-7-8-18(14-19)17-28-24(30)16-25-29-22-13-12-21(15-23(22)34-25)32-20-10-5-4-6-11-20/h4-15H,16-17H2,1-3H3,(H,28,30). The third kappa shape index (κ3) is 6.42. The minimum Gasteiger partial charge on any atom is -0.457 e. The zero-order valence-corrected chi connectivity index (χ0v) is 20.1. The number of benzene rings is 3. The summed E-state index contributed by atoms with van der Waals surface area (Å²) in [4.78, 5) is 29.4. The second kappa shape index (κ2) is 10.1. The molecule has 1 amide bonds. The minimum absolute atomic E-state index is 0.137. The molecular weight excluding hydrogens is 448 g/mol. The van der Waals surface area contributed by atoms with Crippen LogP contribution in [-0.2, 0) is 22.5 Å². The summed E-state index contributed by atoms with van der Waals surface area (Å²) in [7, 11) is 0. The van der Waals surface area contributed by atoms with Gasteiger partial charge in [0.15, 0.2) is 0 Å². The van der Waals surface area contributed by atoms with Gasteiger partial charge >= 0.3 is 5.97 Å². The third-order valence-corrected chi connectivity index (χ3v) is 5.76. The van der Waals surface area contributed by atoms with Crippen molar-refractivity contribution in [2.45, 2.75) is 39.3 Å². The van der Waals surface area contributed by atoms with Crippen LogP contribution in [-0.4, -0.2) is 22.5 Å². The van der Waals surface area contributed by atoms with Gasteiger partial charge in [-0.05, 0) is 62.7 Å². The average molecular weight is 475 g/mol. The summed E-state index contributed by atoms with van der Waals surface area (Å²) in [5, 5.41) is 3.63. The number of esters is 1. The molecule has 1 aromatic heterocycles. The molecule has 0 aliphatic rings. The van der Waals surface area contributed by atoms with Crippen LogP contribution in [0.3, 0.4) is 0 Å². The summed E-state index contributed by atoms with van der Waals surface area (Å²) in [6.07, 6.45) is 0.181. The van der Waals surface area contributed by atoms with Crippen LogP contribution in [0.1, 0.15) is 41.7 Å². The topological polar surface area (TPSA) is 77.5 Å². The highest BCUT2D eigenvalue weighted by Crippen LogP contribution is 2.29. The number of amides is 1. The normalized spacial score (nSPS) is 11.3. The van der Waals surface area contributed by atoms with Crippen LogP contribution >= 0.6 is 11.3 Å². The summed E-state index contributed by atoms with van der Waals surface area (Å²) < 4.78 is 12.3. The van der Waals surface area contributed by atoms with Gasteiger partial charge in [-0.25, -0.2) is 9.78 Å². The smallest absolute Gasteiger partial charge is 0.338 e. The van der Waals surface area contributed by atoms with E-state index in [0.717, 1.165) is 32.3 Å². The lowest BCUT2D eigenvalue weighted by Gasteiger charge is -2.19. The van der Waals surface area contributed by atoms with Crippen molar-refractivity contribution in [2.75, 3.05) is 0 Å². The minimum atomic E-state index is -0.563. The fourth-order valence-corrected chi connectivity index (χ4v) is 4.26.